The number of aromatic nitrogens is 2. The third-order valence-electron chi connectivity index (χ3n) is 3.44. The molecule has 19 heavy (non-hydrogen) atoms. The normalized spacial score (nSPS) is 16.9. The van der Waals surface area contributed by atoms with E-state index in [9.17, 15) is 4.79 Å². The van der Waals surface area contributed by atoms with Crippen LogP contribution in [0.5, 0.6) is 0 Å². The van der Waals surface area contributed by atoms with E-state index in [1.807, 2.05) is 17.5 Å². The van der Waals surface area contributed by atoms with Crippen molar-refractivity contribution >= 4 is 17.3 Å². The Morgan fingerprint density at radius 1 is 1.58 bits per heavy atom. The Labute approximate surface area is 114 Å². The standard InChI is InChI=1S/C13H15N3O2S/c14-13(4-2-5-13)12-15-7-10(16-12)11(17)18-8-9-3-1-6-19-9/h1,3,6-7H,2,4-5,8,14H2,(H,15,16). The zero-order chi connectivity index (χ0) is 13.3. The summed E-state index contributed by atoms with van der Waals surface area (Å²) in [7, 11) is 0. The summed E-state index contributed by atoms with van der Waals surface area (Å²) in [6.07, 6.45) is 4.42. The van der Waals surface area contributed by atoms with Crippen molar-refractivity contribution in [1.29, 1.82) is 0 Å². The Morgan fingerprint density at radius 3 is 3.05 bits per heavy atom. The number of esters is 1. The third-order valence-corrected chi connectivity index (χ3v) is 4.29. The molecule has 2 aromatic rings. The van der Waals surface area contributed by atoms with Crippen LogP contribution in [0, 0.1) is 0 Å². The van der Waals surface area contributed by atoms with Crippen LogP contribution in [0.2, 0.25) is 0 Å². The molecule has 0 bridgehead atoms. The highest BCUT2D eigenvalue weighted by Crippen LogP contribution is 2.36. The molecule has 5 nitrogen and oxygen atoms in total. The maximum Gasteiger partial charge on any atom is 0.356 e. The molecule has 6 heteroatoms. The van der Waals surface area contributed by atoms with E-state index in [4.69, 9.17) is 10.5 Å². The first kappa shape index (κ1) is 12.4. The fourth-order valence-corrected chi connectivity index (χ4v) is 2.70. The Balaban J connectivity index is 1.64. The summed E-state index contributed by atoms with van der Waals surface area (Å²) < 4.78 is 5.21. The number of nitrogens with one attached hydrogen (secondary N) is 1. The third kappa shape index (κ3) is 2.41. The summed E-state index contributed by atoms with van der Waals surface area (Å²) in [4.78, 5) is 20.0. The predicted octanol–water partition coefficient (Wildman–Crippen LogP) is 2.17. The molecular formula is C13H15N3O2S. The number of aromatic amines is 1. The number of hydrogen-bond donors (Lipinski definition) is 2. The first-order valence-corrected chi connectivity index (χ1v) is 7.09. The van der Waals surface area contributed by atoms with Gasteiger partial charge in [-0.2, -0.15) is 0 Å². The van der Waals surface area contributed by atoms with Gasteiger partial charge in [0.05, 0.1) is 11.7 Å². The smallest absolute Gasteiger partial charge is 0.356 e. The van der Waals surface area contributed by atoms with Gasteiger partial charge in [-0.1, -0.05) is 6.07 Å². The molecular weight excluding hydrogens is 262 g/mol. The fraction of sp³-hybridized carbons (Fsp3) is 0.385. The molecule has 1 aliphatic rings. The molecule has 1 fully saturated rings. The van der Waals surface area contributed by atoms with Crippen LogP contribution in [0.4, 0.5) is 0 Å². The van der Waals surface area contributed by atoms with Gasteiger partial charge >= 0.3 is 5.97 Å². The quantitative estimate of drug-likeness (QED) is 0.839. The average molecular weight is 277 g/mol. The van der Waals surface area contributed by atoms with Gasteiger partial charge in [-0.15, -0.1) is 11.3 Å². The van der Waals surface area contributed by atoms with Crippen molar-refractivity contribution in [2.75, 3.05) is 0 Å². The minimum Gasteiger partial charge on any atom is -0.455 e. The van der Waals surface area contributed by atoms with Gasteiger partial charge in [0.2, 0.25) is 0 Å². The molecule has 0 aromatic carbocycles. The van der Waals surface area contributed by atoms with Crippen LogP contribution in [0.25, 0.3) is 0 Å². The van der Waals surface area contributed by atoms with Crippen LogP contribution in [0.1, 0.15) is 40.5 Å². The number of thiophene rings is 1. The number of ether oxygens (including phenoxy) is 1. The van der Waals surface area contributed by atoms with Gasteiger partial charge in [-0.05, 0) is 30.7 Å². The summed E-state index contributed by atoms with van der Waals surface area (Å²) in [5, 5.41) is 1.95. The lowest BCUT2D eigenvalue weighted by Gasteiger charge is -2.35. The minimum atomic E-state index is -0.393. The van der Waals surface area contributed by atoms with Crippen LogP contribution in [0.15, 0.2) is 23.7 Å². The van der Waals surface area contributed by atoms with Gasteiger partial charge in [0.1, 0.15) is 18.1 Å². The second-order valence-electron chi connectivity index (χ2n) is 4.81. The average Bonchev–Trinajstić information content (AvgIpc) is 3.04. The minimum absolute atomic E-state index is 0.290. The summed E-state index contributed by atoms with van der Waals surface area (Å²) in [6.45, 7) is 0.290. The molecule has 3 N–H and O–H groups in total. The molecule has 0 unspecified atom stereocenters. The number of nitrogens with zero attached hydrogens (tertiary/aromatic N) is 1. The molecule has 0 atom stereocenters. The highest BCUT2D eigenvalue weighted by Gasteiger charge is 2.37. The summed E-state index contributed by atoms with van der Waals surface area (Å²) in [6, 6.07) is 3.86. The van der Waals surface area contributed by atoms with Crippen molar-refractivity contribution in [1.82, 2.24) is 9.97 Å². The number of imidazole rings is 1. The molecule has 1 aliphatic carbocycles. The number of H-pyrrole nitrogens is 1. The lowest BCUT2D eigenvalue weighted by atomic mass is 9.77. The van der Waals surface area contributed by atoms with Crippen molar-refractivity contribution < 1.29 is 9.53 Å². The van der Waals surface area contributed by atoms with Gasteiger partial charge < -0.3 is 15.5 Å². The summed E-state index contributed by atoms with van der Waals surface area (Å²) >= 11 is 1.56. The van der Waals surface area contributed by atoms with Gasteiger partial charge in [-0.3, -0.25) is 0 Å². The van der Waals surface area contributed by atoms with Gasteiger partial charge in [0, 0.05) is 4.88 Å². The largest absolute Gasteiger partial charge is 0.455 e. The van der Waals surface area contributed by atoms with Crippen molar-refractivity contribution in [3.63, 3.8) is 0 Å². The zero-order valence-corrected chi connectivity index (χ0v) is 11.2. The van der Waals surface area contributed by atoms with Crippen LogP contribution in [-0.4, -0.2) is 15.9 Å². The Kier molecular flexibility index (Phi) is 3.12. The van der Waals surface area contributed by atoms with Gasteiger partial charge in [-0.25, -0.2) is 9.78 Å². The van der Waals surface area contributed by atoms with E-state index in [1.54, 1.807) is 11.3 Å². The molecule has 3 rings (SSSR count). The second-order valence-corrected chi connectivity index (χ2v) is 5.84. The Bertz CT molecular complexity index is 572. The van der Waals surface area contributed by atoms with Crippen LogP contribution >= 0.6 is 11.3 Å². The second kappa shape index (κ2) is 4.79. The first-order valence-electron chi connectivity index (χ1n) is 6.21. The molecule has 2 aromatic heterocycles. The number of nitrogens with two attached hydrogens (primary N) is 1. The lowest BCUT2D eigenvalue weighted by molar-refractivity contribution is 0.0470. The van der Waals surface area contributed by atoms with Crippen molar-refractivity contribution in [2.45, 2.75) is 31.4 Å². The van der Waals surface area contributed by atoms with E-state index in [0.717, 1.165) is 24.1 Å². The highest BCUT2D eigenvalue weighted by atomic mass is 32.1. The predicted molar refractivity (Wildman–Crippen MR) is 71.7 cm³/mol. The van der Waals surface area contributed by atoms with Gasteiger partial charge in [0.15, 0.2) is 0 Å². The van der Waals surface area contributed by atoms with Crippen molar-refractivity contribution in [3.8, 4) is 0 Å². The van der Waals surface area contributed by atoms with E-state index in [2.05, 4.69) is 9.97 Å². The fourth-order valence-electron chi connectivity index (χ4n) is 2.08. The molecule has 0 radical (unpaired) electrons. The van der Waals surface area contributed by atoms with Crippen LogP contribution in [-0.2, 0) is 16.9 Å². The topological polar surface area (TPSA) is 81.0 Å². The van der Waals surface area contributed by atoms with Crippen LogP contribution in [0.3, 0.4) is 0 Å². The van der Waals surface area contributed by atoms with E-state index in [-0.39, 0.29) is 5.54 Å². The molecule has 2 heterocycles. The van der Waals surface area contributed by atoms with Crippen LogP contribution < -0.4 is 5.73 Å². The SMILES string of the molecule is NC1(c2ncc(C(=O)OCc3cccs3)[nH]2)CCC1. The first-order chi connectivity index (χ1) is 9.17. The van der Waals surface area contributed by atoms with E-state index < -0.39 is 5.97 Å². The van der Waals surface area contributed by atoms with E-state index >= 15 is 0 Å². The Morgan fingerprint density at radius 2 is 2.42 bits per heavy atom. The molecule has 0 amide bonds. The monoisotopic (exact) mass is 277 g/mol. The lowest BCUT2D eigenvalue weighted by Crippen LogP contribution is -2.44. The number of carbonyl (C=O) groups excluding carboxylic acids is 1. The number of carbonyl (C=O) groups is 1. The van der Waals surface area contributed by atoms with E-state index in [1.165, 1.54) is 6.20 Å². The molecule has 0 saturated heterocycles. The summed E-state index contributed by atoms with van der Waals surface area (Å²) in [5.74, 6) is 0.289. The summed E-state index contributed by atoms with van der Waals surface area (Å²) in [5.41, 5.74) is 6.13. The maximum atomic E-state index is 11.9. The van der Waals surface area contributed by atoms with Gasteiger partial charge in [0.25, 0.3) is 0 Å². The highest BCUT2D eigenvalue weighted by molar-refractivity contribution is 7.09. The molecule has 100 valence electrons. The molecule has 0 spiro atoms. The molecule has 0 aliphatic heterocycles. The zero-order valence-electron chi connectivity index (χ0n) is 10.4. The van der Waals surface area contributed by atoms with Crippen molar-refractivity contribution in [2.24, 2.45) is 5.73 Å². The number of hydrogen-bond acceptors (Lipinski definition) is 5. The van der Waals surface area contributed by atoms with Crippen molar-refractivity contribution in [3.05, 3.63) is 40.1 Å². The maximum absolute atomic E-state index is 11.9. The Hall–Kier alpha value is -1.66. The molecule has 1 saturated carbocycles. The number of rotatable bonds is 4. The van der Waals surface area contributed by atoms with E-state index in [0.29, 0.717) is 18.1 Å².